The van der Waals surface area contributed by atoms with E-state index in [-0.39, 0.29) is 22.6 Å². The van der Waals surface area contributed by atoms with Crippen molar-refractivity contribution < 1.29 is 23.9 Å². The summed E-state index contributed by atoms with van der Waals surface area (Å²) in [5.41, 5.74) is 2.52. The van der Waals surface area contributed by atoms with Crippen molar-refractivity contribution >= 4 is 34.8 Å². The molecule has 0 saturated carbocycles. The number of ketones is 1. The van der Waals surface area contributed by atoms with Crippen molar-refractivity contribution in [1.29, 1.82) is 0 Å². The van der Waals surface area contributed by atoms with Gasteiger partial charge in [-0.1, -0.05) is 54.6 Å². The number of aryl methyl sites for hydroxylation is 1. The molecule has 5 aromatic rings. The number of nitrogens with one attached hydrogen (secondary N) is 3. The number of Topliss-reactive ketones (excluding diaryl/α,β-unsaturated/α-hetero) is 1. The number of urea groups is 1. The number of carbonyl (C=O) groups excluding carboxylic acids is 3. The average Bonchev–Trinajstić information content (AvgIpc) is 3.55. The van der Waals surface area contributed by atoms with Gasteiger partial charge in [0.25, 0.3) is 5.91 Å². The molecule has 0 bridgehead atoms. The Morgan fingerprint density at radius 2 is 1.73 bits per heavy atom. The van der Waals surface area contributed by atoms with E-state index in [1.807, 2.05) is 0 Å². The predicted octanol–water partition coefficient (Wildman–Crippen LogP) is 4.23. The first-order valence-corrected chi connectivity index (χ1v) is 13.8. The maximum absolute atomic E-state index is 15.2. The van der Waals surface area contributed by atoms with Gasteiger partial charge >= 0.3 is 6.03 Å². The second kappa shape index (κ2) is 12.2. The highest BCUT2D eigenvalue weighted by Gasteiger charge is 2.36. The van der Waals surface area contributed by atoms with E-state index in [1.54, 1.807) is 67.6 Å². The first-order valence-electron chi connectivity index (χ1n) is 13.8. The van der Waals surface area contributed by atoms with Gasteiger partial charge in [-0.25, -0.2) is 19.3 Å². The van der Waals surface area contributed by atoms with Crippen LogP contribution in [0.25, 0.3) is 11.4 Å². The molecule has 0 spiro atoms. The van der Waals surface area contributed by atoms with Gasteiger partial charge in [-0.05, 0) is 59.3 Å². The first-order chi connectivity index (χ1) is 21.8. The molecule has 0 saturated heterocycles. The zero-order valence-corrected chi connectivity index (χ0v) is 23.7. The molecule has 1 aromatic heterocycles. The molecule has 224 valence electrons. The van der Waals surface area contributed by atoms with Gasteiger partial charge in [0.2, 0.25) is 6.17 Å². The minimum Gasteiger partial charge on any atom is -0.507 e. The Labute approximate surface area is 255 Å². The Hall–Kier alpha value is -6.24. The van der Waals surface area contributed by atoms with E-state index in [2.05, 4.69) is 36.3 Å². The van der Waals surface area contributed by atoms with Gasteiger partial charge in [-0.15, -0.1) is 5.10 Å². The third-order valence-electron chi connectivity index (χ3n) is 7.16. The van der Waals surface area contributed by atoms with Crippen LogP contribution in [-0.4, -0.2) is 61.9 Å². The lowest BCUT2D eigenvalue weighted by Gasteiger charge is -2.26. The normalized spacial score (nSPS) is 14.3. The number of rotatable bonds is 7. The van der Waals surface area contributed by atoms with Crippen molar-refractivity contribution in [3.8, 4) is 17.1 Å². The molecule has 45 heavy (non-hydrogen) atoms. The Morgan fingerprint density at radius 3 is 2.51 bits per heavy atom. The molecule has 0 radical (unpaired) electrons. The van der Waals surface area contributed by atoms with Crippen molar-refractivity contribution in [2.45, 2.75) is 13.1 Å². The molecule has 3 amide bonds. The smallest absolute Gasteiger partial charge is 0.321 e. The standard InChI is InChI=1S/C32H25FN8O4/c1-18-8-6-13-23-27(21-11-2-4-14-24(21)33)35-30(31(44)41(28(18)23)17-26(43)22-12-3-5-15-25(22)42)36-32(45)34-20-10-7-9-19(16-20)29-37-39-40-38-29/h2-16,30,42H,17H2,1H3,(H2,34,36,45)(H,37,38,39,40)/t30-/m0/s1. The number of carbonyl (C=O) groups is 3. The molecule has 6 rings (SSSR count). The molecule has 4 aromatic carbocycles. The molecule has 1 atom stereocenters. The number of aromatic amines is 1. The average molecular weight is 605 g/mol. The number of phenols is 1. The fourth-order valence-corrected chi connectivity index (χ4v) is 5.09. The van der Waals surface area contributed by atoms with Gasteiger partial charge in [0.05, 0.1) is 23.5 Å². The maximum atomic E-state index is 15.2. The van der Waals surface area contributed by atoms with E-state index in [0.717, 1.165) is 0 Å². The third kappa shape index (κ3) is 5.86. The van der Waals surface area contributed by atoms with Gasteiger partial charge in [-0.3, -0.25) is 9.59 Å². The molecule has 2 heterocycles. The molecule has 1 aliphatic rings. The van der Waals surface area contributed by atoms with Crippen molar-refractivity contribution in [1.82, 2.24) is 25.9 Å². The lowest BCUT2D eigenvalue weighted by molar-refractivity contribution is -0.120. The van der Waals surface area contributed by atoms with Crippen LogP contribution in [0.15, 0.2) is 96.0 Å². The summed E-state index contributed by atoms with van der Waals surface area (Å²) in [7, 11) is 0. The SMILES string of the molecule is Cc1cccc2c1N(CC(=O)c1ccccc1O)C(=O)[C@H](NC(=O)Nc1cccc(-c3nnn[nH]3)c1)N=C2c1ccccc1F. The van der Waals surface area contributed by atoms with Gasteiger partial charge in [-0.2, -0.15) is 0 Å². The van der Waals surface area contributed by atoms with Crippen LogP contribution >= 0.6 is 0 Å². The molecule has 1 aliphatic heterocycles. The maximum Gasteiger partial charge on any atom is 0.321 e. The Morgan fingerprint density at radius 1 is 0.978 bits per heavy atom. The van der Waals surface area contributed by atoms with Crippen molar-refractivity contribution in [3.63, 3.8) is 0 Å². The Balaban J connectivity index is 1.39. The number of hydrogen-bond donors (Lipinski definition) is 4. The second-order valence-corrected chi connectivity index (χ2v) is 10.1. The molecule has 4 N–H and O–H groups in total. The number of para-hydroxylation sites is 2. The summed E-state index contributed by atoms with van der Waals surface area (Å²) in [4.78, 5) is 46.7. The number of amides is 3. The highest BCUT2D eigenvalue weighted by atomic mass is 19.1. The largest absolute Gasteiger partial charge is 0.507 e. The number of aromatic nitrogens is 4. The number of benzene rings is 4. The van der Waals surface area contributed by atoms with Crippen LogP contribution in [0.3, 0.4) is 0 Å². The number of fused-ring (bicyclic) bond motifs is 1. The topological polar surface area (TPSA) is 166 Å². The van der Waals surface area contributed by atoms with E-state index >= 15 is 4.39 Å². The number of tetrazole rings is 1. The van der Waals surface area contributed by atoms with E-state index in [0.29, 0.717) is 33.9 Å². The van der Waals surface area contributed by atoms with Crippen LogP contribution < -0.4 is 15.5 Å². The highest BCUT2D eigenvalue weighted by molar-refractivity contribution is 6.22. The van der Waals surface area contributed by atoms with Gasteiger partial charge in [0.15, 0.2) is 11.6 Å². The molecule has 0 fully saturated rings. The highest BCUT2D eigenvalue weighted by Crippen LogP contribution is 2.33. The lowest BCUT2D eigenvalue weighted by atomic mass is 9.97. The summed E-state index contributed by atoms with van der Waals surface area (Å²) >= 11 is 0. The zero-order valence-electron chi connectivity index (χ0n) is 23.7. The minimum atomic E-state index is -1.56. The van der Waals surface area contributed by atoms with Crippen molar-refractivity contribution in [2.75, 3.05) is 16.8 Å². The first kappa shape index (κ1) is 28.9. The number of halogens is 1. The van der Waals surface area contributed by atoms with Crippen LogP contribution in [0.4, 0.5) is 20.6 Å². The fraction of sp³-hybridized carbons (Fsp3) is 0.0938. The van der Waals surface area contributed by atoms with Crippen LogP contribution in [0.5, 0.6) is 5.75 Å². The Bertz CT molecular complexity index is 1960. The summed E-state index contributed by atoms with van der Waals surface area (Å²) in [6.45, 7) is 1.27. The lowest BCUT2D eigenvalue weighted by Crippen LogP contribution is -2.50. The van der Waals surface area contributed by atoms with Crippen LogP contribution in [0.1, 0.15) is 27.0 Å². The van der Waals surface area contributed by atoms with Crippen molar-refractivity contribution in [3.05, 3.63) is 119 Å². The van der Waals surface area contributed by atoms with E-state index in [9.17, 15) is 19.5 Å². The number of phenolic OH excluding ortho intramolecular Hbond substituents is 1. The number of benzodiazepines with no additional fused rings is 1. The quantitative estimate of drug-likeness (QED) is 0.202. The second-order valence-electron chi connectivity index (χ2n) is 10.1. The molecular formula is C32H25FN8O4. The summed E-state index contributed by atoms with van der Waals surface area (Å²) in [6, 6.07) is 23.0. The van der Waals surface area contributed by atoms with Crippen LogP contribution in [0, 0.1) is 12.7 Å². The summed E-state index contributed by atoms with van der Waals surface area (Å²) in [5, 5.41) is 29.2. The monoisotopic (exact) mass is 604 g/mol. The molecule has 0 unspecified atom stereocenters. The van der Waals surface area contributed by atoms with Gasteiger partial charge in [0.1, 0.15) is 11.6 Å². The molecule has 0 aliphatic carbocycles. The number of nitrogens with zero attached hydrogens (tertiary/aromatic N) is 5. The summed E-state index contributed by atoms with van der Waals surface area (Å²) < 4.78 is 15.2. The van der Waals surface area contributed by atoms with Gasteiger partial charge in [0, 0.05) is 22.4 Å². The minimum absolute atomic E-state index is 0.0176. The Kier molecular flexibility index (Phi) is 7.80. The molecular weight excluding hydrogens is 579 g/mol. The molecule has 12 nitrogen and oxygen atoms in total. The van der Waals surface area contributed by atoms with Crippen LogP contribution in [0.2, 0.25) is 0 Å². The number of aliphatic imine (C=N–C) groups is 1. The third-order valence-corrected chi connectivity index (χ3v) is 7.16. The fourth-order valence-electron chi connectivity index (χ4n) is 5.09. The summed E-state index contributed by atoms with van der Waals surface area (Å²) in [5.74, 6) is -1.73. The molecule has 13 heteroatoms. The predicted molar refractivity (Wildman–Crippen MR) is 164 cm³/mol. The van der Waals surface area contributed by atoms with E-state index in [1.165, 1.54) is 35.2 Å². The number of aromatic hydroxyl groups is 1. The zero-order chi connectivity index (χ0) is 31.5. The van der Waals surface area contributed by atoms with Crippen molar-refractivity contribution in [2.24, 2.45) is 4.99 Å². The summed E-state index contributed by atoms with van der Waals surface area (Å²) in [6.07, 6.45) is -1.56. The number of anilines is 2. The van der Waals surface area contributed by atoms with Crippen LogP contribution in [-0.2, 0) is 4.79 Å². The van der Waals surface area contributed by atoms with E-state index < -0.39 is 36.2 Å². The van der Waals surface area contributed by atoms with Gasteiger partial charge < -0.3 is 20.6 Å². The number of hydrogen-bond acceptors (Lipinski definition) is 8. The van der Waals surface area contributed by atoms with E-state index in [4.69, 9.17) is 0 Å². The number of H-pyrrole nitrogens is 1.